The lowest BCUT2D eigenvalue weighted by Crippen LogP contribution is -2.24. The minimum atomic E-state index is 0.135. The van der Waals surface area contributed by atoms with Gasteiger partial charge in [-0.15, -0.1) is 0 Å². The molecule has 1 atom stereocenters. The van der Waals surface area contributed by atoms with Gasteiger partial charge in [-0.05, 0) is 68.1 Å². The van der Waals surface area contributed by atoms with Crippen LogP contribution >= 0.6 is 0 Å². The van der Waals surface area contributed by atoms with Crippen LogP contribution in [0.15, 0.2) is 48.8 Å². The molecule has 4 aromatic rings. The summed E-state index contributed by atoms with van der Waals surface area (Å²) in [6.45, 7) is 11.4. The van der Waals surface area contributed by atoms with E-state index in [2.05, 4.69) is 71.7 Å². The van der Waals surface area contributed by atoms with Gasteiger partial charge in [0.05, 0.1) is 35.2 Å². The number of rotatable bonds is 3. The van der Waals surface area contributed by atoms with E-state index in [0.717, 1.165) is 46.8 Å². The van der Waals surface area contributed by atoms with E-state index in [-0.39, 0.29) is 6.04 Å². The first kappa shape index (κ1) is 17.7. The molecule has 3 heterocycles. The summed E-state index contributed by atoms with van der Waals surface area (Å²) in [6.07, 6.45) is 4.23. The Kier molecular flexibility index (Phi) is 4.01. The fourth-order valence-corrected chi connectivity index (χ4v) is 4.09. The number of benzene rings is 2. The van der Waals surface area contributed by atoms with E-state index in [9.17, 15) is 0 Å². The molecule has 5 rings (SSSR count). The van der Waals surface area contributed by atoms with Gasteiger partial charge in [-0.1, -0.05) is 12.2 Å². The lowest BCUT2D eigenvalue weighted by Gasteiger charge is -2.26. The molecule has 1 N–H and O–H groups in total. The topological polar surface area (TPSA) is 62.6 Å². The average molecular weight is 383 g/mol. The fraction of sp³-hybridized carbons (Fsp3) is 0.261. The summed E-state index contributed by atoms with van der Waals surface area (Å²) >= 11 is 0. The zero-order valence-corrected chi connectivity index (χ0v) is 16.9. The number of hydrogen-bond acceptors (Lipinski definition) is 4. The van der Waals surface area contributed by atoms with E-state index in [4.69, 9.17) is 4.98 Å². The number of imidazole rings is 1. The molecule has 1 fully saturated rings. The second kappa shape index (κ2) is 6.58. The summed E-state index contributed by atoms with van der Waals surface area (Å²) in [5.41, 5.74) is 8.87. The van der Waals surface area contributed by atoms with Crippen molar-refractivity contribution in [1.29, 1.82) is 0 Å². The molecule has 6 heteroatoms. The number of anilines is 1. The van der Waals surface area contributed by atoms with E-state index in [1.165, 1.54) is 16.7 Å². The summed E-state index contributed by atoms with van der Waals surface area (Å²) in [7, 11) is 0. The second-order valence-electron chi connectivity index (χ2n) is 7.85. The molecule has 2 aromatic carbocycles. The number of aromatic nitrogens is 5. The molecule has 0 bridgehead atoms. The minimum absolute atomic E-state index is 0.135. The highest BCUT2D eigenvalue weighted by molar-refractivity contribution is 5.77. The molecular weight excluding hydrogens is 360 g/mol. The number of hydrogen-bond donors (Lipinski definition) is 1. The van der Waals surface area contributed by atoms with Gasteiger partial charge in [0.2, 0.25) is 0 Å². The molecule has 1 aliphatic rings. The van der Waals surface area contributed by atoms with Crippen molar-refractivity contribution in [1.82, 2.24) is 25.0 Å². The predicted octanol–water partition coefficient (Wildman–Crippen LogP) is 4.38. The third kappa shape index (κ3) is 3.01. The Morgan fingerprint density at radius 3 is 2.62 bits per heavy atom. The van der Waals surface area contributed by atoms with E-state index in [1.54, 1.807) is 17.2 Å². The van der Waals surface area contributed by atoms with Crippen molar-refractivity contribution < 1.29 is 0 Å². The lowest BCUT2D eigenvalue weighted by atomic mass is 10.1. The van der Waals surface area contributed by atoms with Gasteiger partial charge in [0.15, 0.2) is 0 Å². The molecule has 0 amide bonds. The quantitative estimate of drug-likeness (QED) is 0.534. The van der Waals surface area contributed by atoms with Gasteiger partial charge in [0, 0.05) is 18.3 Å². The highest BCUT2D eigenvalue weighted by Gasteiger charge is 2.32. The van der Waals surface area contributed by atoms with Gasteiger partial charge in [0.25, 0.3) is 0 Å². The summed E-state index contributed by atoms with van der Waals surface area (Å²) in [5, 5.41) is 8.40. The van der Waals surface area contributed by atoms with Gasteiger partial charge >= 0.3 is 0 Å². The van der Waals surface area contributed by atoms with Crippen molar-refractivity contribution in [3.05, 3.63) is 77.4 Å². The number of aryl methyl sites for hydroxylation is 3. The maximum Gasteiger partial charge on any atom is 0.130 e. The van der Waals surface area contributed by atoms with Crippen LogP contribution in [-0.4, -0.2) is 31.5 Å². The first-order chi connectivity index (χ1) is 14.0. The molecule has 0 spiro atoms. The van der Waals surface area contributed by atoms with Crippen molar-refractivity contribution in [2.75, 3.05) is 11.4 Å². The fourth-order valence-electron chi connectivity index (χ4n) is 4.09. The smallest absolute Gasteiger partial charge is 0.130 e. The Balaban J connectivity index is 1.53. The highest BCUT2D eigenvalue weighted by atomic mass is 15.5. The van der Waals surface area contributed by atoms with Crippen LogP contribution in [0.5, 0.6) is 0 Å². The zero-order chi connectivity index (χ0) is 20.1. The molecule has 0 unspecified atom stereocenters. The summed E-state index contributed by atoms with van der Waals surface area (Å²) in [6, 6.07) is 12.0. The van der Waals surface area contributed by atoms with Crippen LogP contribution in [-0.2, 0) is 0 Å². The number of nitrogens with one attached hydrogen (secondary N) is 1. The maximum atomic E-state index is 4.92. The van der Waals surface area contributed by atoms with E-state index < -0.39 is 0 Å². The molecule has 6 nitrogen and oxygen atoms in total. The molecule has 145 valence electrons. The van der Waals surface area contributed by atoms with Crippen molar-refractivity contribution in [3.8, 4) is 5.69 Å². The highest BCUT2D eigenvalue weighted by Crippen LogP contribution is 2.39. The van der Waals surface area contributed by atoms with Crippen LogP contribution in [0.4, 0.5) is 5.69 Å². The van der Waals surface area contributed by atoms with Crippen molar-refractivity contribution in [3.63, 3.8) is 0 Å². The molecular formula is C23H23N6. The maximum absolute atomic E-state index is 4.92. The second-order valence-corrected chi connectivity index (χ2v) is 7.85. The predicted molar refractivity (Wildman–Crippen MR) is 114 cm³/mol. The standard InChI is InChI=1S/C23H23N6/c1-14-9-22(23-26-19-11-15(2)16(3)12-20(19)27-23)28(13-14)21-6-5-18(10-17(21)4)29-24-7-8-25-29/h5-8,11-12,22H,1,9,13H2,2-4H3,(H,26,27)/t22-/m0/s1. The molecule has 2 aromatic heterocycles. The van der Waals surface area contributed by atoms with Crippen LogP contribution < -0.4 is 4.90 Å². The summed E-state index contributed by atoms with van der Waals surface area (Å²) < 4.78 is 0. The summed E-state index contributed by atoms with van der Waals surface area (Å²) in [4.78, 5) is 12.4. The lowest BCUT2D eigenvalue weighted by molar-refractivity contribution is 0.688. The van der Waals surface area contributed by atoms with Crippen LogP contribution in [0.1, 0.15) is 35.0 Å². The molecule has 0 aliphatic carbocycles. The first-order valence-electron chi connectivity index (χ1n) is 9.79. The minimum Gasteiger partial charge on any atom is -0.357 e. The van der Waals surface area contributed by atoms with E-state index >= 15 is 0 Å². The number of nitrogens with zero attached hydrogens (tertiary/aromatic N) is 5. The Morgan fingerprint density at radius 1 is 1.10 bits per heavy atom. The Labute approximate surface area is 169 Å². The first-order valence-corrected chi connectivity index (χ1v) is 9.79. The Bertz CT molecular complexity index is 1180. The van der Waals surface area contributed by atoms with Crippen molar-refractivity contribution in [2.45, 2.75) is 33.2 Å². The van der Waals surface area contributed by atoms with Crippen LogP contribution in [0, 0.1) is 26.8 Å². The molecule has 29 heavy (non-hydrogen) atoms. The van der Waals surface area contributed by atoms with Crippen molar-refractivity contribution in [2.24, 2.45) is 0 Å². The number of H-pyrrole nitrogens is 1. The number of fused-ring (bicyclic) bond motifs is 1. The van der Waals surface area contributed by atoms with Gasteiger partial charge < -0.3 is 9.88 Å². The molecule has 1 aliphatic heterocycles. The van der Waals surface area contributed by atoms with E-state index in [1.807, 2.05) is 6.07 Å². The number of aromatic amines is 1. The average Bonchev–Trinajstić information content (AvgIpc) is 3.41. The van der Waals surface area contributed by atoms with Gasteiger partial charge in [-0.2, -0.15) is 15.0 Å². The zero-order valence-electron chi connectivity index (χ0n) is 16.9. The Hall–Kier alpha value is -3.41. The SMILES string of the molecule is C=C1C[C@@H](c2nc3cc(C)c(C)cc3[nH]2)N(c2ccc(-n3nccn3)[c]c2C)C1. The third-order valence-corrected chi connectivity index (χ3v) is 5.73. The van der Waals surface area contributed by atoms with Gasteiger partial charge in [0.1, 0.15) is 5.82 Å². The molecule has 1 saturated heterocycles. The summed E-state index contributed by atoms with van der Waals surface area (Å²) in [5.74, 6) is 0.987. The normalized spacial score (nSPS) is 16.9. The van der Waals surface area contributed by atoms with Crippen LogP contribution in [0.3, 0.4) is 0 Å². The van der Waals surface area contributed by atoms with Gasteiger partial charge in [-0.3, -0.25) is 0 Å². The van der Waals surface area contributed by atoms with Crippen molar-refractivity contribution >= 4 is 16.7 Å². The largest absolute Gasteiger partial charge is 0.357 e. The van der Waals surface area contributed by atoms with E-state index in [0.29, 0.717) is 0 Å². The molecule has 1 radical (unpaired) electrons. The monoisotopic (exact) mass is 383 g/mol. The third-order valence-electron chi connectivity index (χ3n) is 5.73. The van der Waals surface area contributed by atoms with Crippen LogP contribution in [0.2, 0.25) is 0 Å². The van der Waals surface area contributed by atoms with Gasteiger partial charge in [-0.25, -0.2) is 4.98 Å². The molecule has 0 saturated carbocycles. The Morgan fingerprint density at radius 2 is 1.86 bits per heavy atom. The van der Waals surface area contributed by atoms with Crippen LogP contribution in [0.25, 0.3) is 16.7 Å².